The van der Waals surface area contributed by atoms with E-state index in [0.29, 0.717) is 44.0 Å². The van der Waals surface area contributed by atoms with Gasteiger partial charge in [0.05, 0.1) is 5.69 Å². The smallest absolute Gasteiger partial charge is 0.321 e. The molecule has 9 nitrogen and oxygen atoms in total. The molecule has 3 heterocycles. The molecule has 1 fully saturated rings. The third kappa shape index (κ3) is 6.27. The molecule has 0 unspecified atom stereocenters. The quantitative estimate of drug-likeness (QED) is 0.706. The molecule has 0 aromatic carbocycles. The molecule has 2 aromatic rings. The second kappa shape index (κ2) is 9.91. The Hall–Kier alpha value is -2.94. The van der Waals surface area contributed by atoms with Gasteiger partial charge in [-0.25, -0.2) is 14.5 Å². The zero-order valence-electron chi connectivity index (χ0n) is 18.8. The van der Waals surface area contributed by atoms with Crippen LogP contribution in [0.15, 0.2) is 36.8 Å². The molecular formula is C22H33N7O2. The minimum Gasteiger partial charge on any atom is -0.355 e. The number of piperidine rings is 1. The number of pyridine rings is 1. The fraction of sp³-hybridized carbons (Fsp3) is 0.545. The van der Waals surface area contributed by atoms with Crippen molar-refractivity contribution >= 4 is 17.6 Å². The summed E-state index contributed by atoms with van der Waals surface area (Å²) in [5, 5.41) is 10.2. The number of hydrogen-bond acceptors (Lipinski definition) is 5. The van der Waals surface area contributed by atoms with E-state index in [4.69, 9.17) is 0 Å². The maximum atomic E-state index is 12.8. The minimum atomic E-state index is -0.188. The number of carbonyl (C=O) groups is 2. The van der Waals surface area contributed by atoms with Gasteiger partial charge in [0.2, 0.25) is 5.91 Å². The predicted octanol–water partition coefficient (Wildman–Crippen LogP) is 2.22. The molecule has 0 aliphatic carbocycles. The summed E-state index contributed by atoms with van der Waals surface area (Å²) in [6.45, 7) is 6.93. The van der Waals surface area contributed by atoms with Crippen molar-refractivity contribution in [3.05, 3.63) is 36.8 Å². The highest BCUT2D eigenvalue weighted by Gasteiger charge is 2.29. The van der Waals surface area contributed by atoms with Crippen LogP contribution in [0, 0.1) is 11.3 Å². The van der Waals surface area contributed by atoms with Crippen LogP contribution in [0.1, 0.15) is 26.7 Å². The van der Waals surface area contributed by atoms with Gasteiger partial charge in [-0.1, -0.05) is 13.8 Å². The standard InChI is InChI=1S/C22H33N7O2/c1-22(2,16-27(3)4)15-24-20(30)17-8-13-28(14-9-17)21(31)26-18-7-5-10-23-19(18)29-12-6-11-25-29/h5-7,10-12,17H,8-9,13-16H2,1-4H3,(H,24,30)(H,26,31). The molecule has 1 aliphatic heterocycles. The number of rotatable bonds is 7. The monoisotopic (exact) mass is 427 g/mol. The summed E-state index contributed by atoms with van der Waals surface area (Å²) < 4.78 is 1.62. The zero-order chi connectivity index (χ0) is 22.4. The van der Waals surface area contributed by atoms with E-state index >= 15 is 0 Å². The molecule has 1 aliphatic rings. The highest BCUT2D eigenvalue weighted by atomic mass is 16.2. The van der Waals surface area contributed by atoms with Crippen LogP contribution in [0.4, 0.5) is 10.5 Å². The molecule has 0 atom stereocenters. The number of anilines is 1. The number of aromatic nitrogens is 3. The third-order valence-electron chi connectivity index (χ3n) is 5.39. The molecule has 2 N–H and O–H groups in total. The van der Waals surface area contributed by atoms with Crippen LogP contribution >= 0.6 is 0 Å². The Morgan fingerprint density at radius 2 is 1.94 bits per heavy atom. The number of carbonyl (C=O) groups excluding carboxylic acids is 2. The van der Waals surface area contributed by atoms with Crippen molar-refractivity contribution in [2.24, 2.45) is 11.3 Å². The van der Waals surface area contributed by atoms with Crippen molar-refractivity contribution in [3.8, 4) is 5.82 Å². The van der Waals surface area contributed by atoms with Crippen LogP contribution in [0.3, 0.4) is 0 Å². The summed E-state index contributed by atoms with van der Waals surface area (Å²) >= 11 is 0. The van der Waals surface area contributed by atoms with Crippen molar-refractivity contribution in [1.29, 1.82) is 0 Å². The molecule has 1 saturated heterocycles. The lowest BCUT2D eigenvalue weighted by Crippen LogP contribution is -2.46. The van der Waals surface area contributed by atoms with Gasteiger partial charge in [0, 0.05) is 50.7 Å². The molecule has 3 amide bonds. The Kier molecular flexibility index (Phi) is 7.27. The van der Waals surface area contributed by atoms with Crippen molar-refractivity contribution < 1.29 is 9.59 Å². The summed E-state index contributed by atoms with van der Waals surface area (Å²) in [6, 6.07) is 5.19. The summed E-state index contributed by atoms with van der Waals surface area (Å²) in [5.74, 6) is 0.591. The van der Waals surface area contributed by atoms with Crippen LogP contribution in [0.5, 0.6) is 0 Å². The first-order valence-corrected chi connectivity index (χ1v) is 10.7. The summed E-state index contributed by atoms with van der Waals surface area (Å²) in [5.41, 5.74) is 0.606. The first-order chi connectivity index (χ1) is 14.7. The highest BCUT2D eigenvalue weighted by Crippen LogP contribution is 2.21. The van der Waals surface area contributed by atoms with E-state index in [9.17, 15) is 9.59 Å². The Morgan fingerprint density at radius 1 is 1.19 bits per heavy atom. The molecule has 0 bridgehead atoms. The fourth-order valence-corrected chi connectivity index (χ4v) is 3.99. The minimum absolute atomic E-state index is 0.00967. The summed E-state index contributed by atoms with van der Waals surface area (Å²) in [6.07, 6.45) is 6.43. The van der Waals surface area contributed by atoms with E-state index in [2.05, 4.69) is 39.5 Å². The Bertz CT molecular complexity index is 872. The molecule has 0 saturated carbocycles. The van der Waals surface area contributed by atoms with Crippen LogP contribution in [0.2, 0.25) is 0 Å². The highest BCUT2D eigenvalue weighted by molar-refractivity contribution is 5.91. The maximum absolute atomic E-state index is 12.8. The van der Waals surface area contributed by atoms with Gasteiger partial charge in [-0.15, -0.1) is 0 Å². The van der Waals surface area contributed by atoms with Crippen LogP contribution in [0.25, 0.3) is 5.82 Å². The predicted molar refractivity (Wildman–Crippen MR) is 120 cm³/mol. The van der Waals surface area contributed by atoms with Crippen molar-refractivity contribution in [1.82, 2.24) is 29.9 Å². The Morgan fingerprint density at radius 3 is 2.58 bits per heavy atom. The number of amides is 3. The second-order valence-corrected chi connectivity index (χ2v) is 9.14. The van der Waals surface area contributed by atoms with E-state index in [1.54, 1.807) is 46.4 Å². The Balaban J connectivity index is 1.50. The molecule has 168 valence electrons. The van der Waals surface area contributed by atoms with Gasteiger partial charge in [-0.3, -0.25) is 4.79 Å². The van der Waals surface area contributed by atoms with Crippen molar-refractivity contribution in [2.45, 2.75) is 26.7 Å². The van der Waals surface area contributed by atoms with Gasteiger partial charge in [-0.2, -0.15) is 5.10 Å². The Labute approximate surface area is 183 Å². The largest absolute Gasteiger partial charge is 0.355 e. The SMILES string of the molecule is CN(C)CC(C)(C)CNC(=O)C1CCN(C(=O)Nc2cccnc2-n2cccn2)CC1. The molecular weight excluding hydrogens is 394 g/mol. The molecule has 3 rings (SSSR count). The van der Waals surface area contributed by atoms with E-state index in [1.807, 2.05) is 14.1 Å². The number of hydrogen-bond donors (Lipinski definition) is 2. The lowest BCUT2D eigenvalue weighted by molar-refractivity contribution is -0.126. The average Bonchev–Trinajstić information content (AvgIpc) is 3.26. The van der Waals surface area contributed by atoms with E-state index < -0.39 is 0 Å². The van der Waals surface area contributed by atoms with Gasteiger partial charge >= 0.3 is 6.03 Å². The van der Waals surface area contributed by atoms with Gasteiger partial charge in [0.25, 0.3) is 0 Å². The van der Waals surface area contributed by atoms with Crippen LogP contribution in [-0.2, 0) is 4.79 Å². The normalized spacial score (nSPS) is 15.2. The lowest BCUT2D eigenvalue weighted by atomic mass is 9.91. The summed E-state index contributed by atoms with van der Waals surface area (Å²) in [4.78, 5) is 33.6. The number of nitrogens with one attached hydrogen (secondary N) is 2. The molecule has 0 spiro atoms. The summed E-state index contributed by atoms with van der Waals surface area (Å²) in [7, 11) is 4.07. The van der Waals surface area contributed by atoms with Gasteiger partial charge in [0.15, 0.2) is 5.82 Å². The van der Waals surface area contributed by atoms with Crippen LogP contribution in [-0.4, -0.2) is 76.8 Å². The fourth-order valence-electron chi connectivity index (χ4n) is 3.99. The number of likely N-dealkylation sites (tertiary alicyclic amines) is 1. The number of urea groups is 1. The van der Waals surface area contributed by atoms with Crippen molar-refractivity contribution in [3.63, 3.8) is 0 Å². The molecule has 0 radical (unpaired) electrons. The molecule has 31 heavy (non-hydrogen) atoms. The first kappa shape index (κ1) is 22.7. The van der Waals surface area contributed by atoms with E-state index in [1.165, 1.54) is 0 Å². The van der Waals surface area contributed by atoms with Crippen LogP contribution < -0.4 is 10.6 Å². The topological polar surface area (TPSA) is 95.4 Å². The van der Waals surface area contributed by atoms with Gasteiger partial charge in [-0.05, 0) is 50.6 Å². The number of nitrogens with zero attached hydrogens (tertiary/aromatic N) is 5. The third-order valence-corrected chi connectivity index (χ3v) is 5.39. The lowest BCUT2D eigenvalue weighted by Gasteiger charge is -2.33. The van der Waals surface area contributed by atoms with E-state index in [-0.39, 0.29) is 23.3 Å². The van der Waals surface area contributed by atoms with Gasteiger partial charge in [0.1, 0.15) is 0 Å². The van der Waals surface area contributed by atoms with Crippen molar-refractivity contribution in [2.75, 3.05) is 45.6 Å². The average molecular weight is 428 g/mol. The molecule has 2 aromatic heterocycles. The molecule has 9 heteroatoms. The maximum Gasteiger partial charge on any atom is 0.321 e. The van der Waals surface area contributed by atoms with Gasteiger partial charge < -0.3 is 20.4 Å². The zero-order valence-corrected chi connectivity index (χ0v) is 18.8. The van der Waals surface area contributed by atoms with E-state index in [0.717, 1.165) is 6.54 Å². The second-order valence-electron chi connectivity index (χ2n) is 9.14. The first-order valence-electron chi connectivity index (χ1n) is 10.7.